The van der Waals surface area contributed by atoms with Crippen molar-refractivity contribution in [2.45, 2.75) is 6.04 Å². The van der Waals surface area contributed by atoms with E-state index >= 15 is 0 Å². The predicted molar refractivity (Wildman–Crippen MR) is 91.8 cm³/mol. The van der Waals surface area contributed by atoms with Gasteiger partial charge < -0.3 is 5.32 Å². The molecule has 3 aliphatic rings. The molecule has 23 heavy (non-hydrogen) atoms. The summed E-state index contributed by atoms with van der Waals surface area (Å²) >= 11 is 6.02. The number of nitrogens with zero attached hydrogens (tertiary/aromatic N) is 4. The number of fused-ring (bicyclic) bond motifs is 4. The summed E-state index contributed by atoms with van der Waals surface area (Å²) in [5.74, 6) is 0.758. The molecule has 5 rings (SSSR count). The number of aromatic nitrogens is 1. The highest BCUT2D eigenvalue weighted by Gasteiger charge is 2.31. The molecule has 2 bridgehead atoms. The highest BCUT2D eigenvalue weighted by atomic mass is 35.5. The third-order valence-corrected chi connectivity index (χ3v) is 5.04. The Hall–Kier alpha value is -1.87. The van der Waals surface area contributed by atoms with Crippen molar-refractivity contribution in [3.8, 4) is 6.07 Å². The fourth-order valence-electron chi connectivity index (χ4n) is 3.52. The summed E-state index contributed by atoms with van der Waals surface area (Å²) in [5, 5.41) is 14.2. The summed E-state index contributed by atoms with van der Waals surface area (Å²) < 4.78 is 0. The standard InChI is InChI=1S/C17H18ClN5/c18-13-1-2-16-15(8-13)12(9-19)7-17(21-16)20-10-14-11-22-3-5-23(14)6-4-22/h1-2,7-8,14H,3-6,10-11H2,(H,20,21). The molecule has 5 nitrogen and oxygen atoms in total. The lowest BCUT2D eigenvalue weighted by Gasteiger charge is -2.47. The van der Waals surface area contributed by atoms with Crippen LogP contribution in [-0.2, 0) is 0 Å². The lowest BCUT2D eigenvalue weighted by atomic mass is 10.1. The van der Waals surface area contributed by atoms with Crippen molar-refractivity contribution < 1.29 is 0 Å². The monoisotopic (exact) mass is 327 g/mol. The summed E-state index contributed by atoms with van der Waals surface area (Å²) in [6.45, 7) is 6.64. The molecule has 3 aliphatic heterocycles. The molecule has 0 aliphatic carbocycles. The van der Waals surface area contributed by atoms with Crippen molar-refractivity contribution in [1.29, 1.82) is 5.26 Å². The van der Waals surface area contributed by atoms with Gasteiger partial charge >= 0.3 is 0 Å². The van der Waals surface area contributed by atoms with Gasteiger partial charge in [0.05, 0.1) is 17.1 Å². The Morgan fingerprint density at radius 1 is 1.26 bits per heavy atom. The number of hydrogen-bond donors (Lipinski definition) is 1. The quantitative estimate of drug-likeness (QED) is 0.936. The van der Waals surface area contributed by atoms with E-state index in [1.165, 1.54) is 13.1 Å². The van der Waals surface area contributed by atoms with E-state index in [9.17, 15) is 5.26 Å². The third-order valence-electron chi connectivity index (χ3n) is 4.80. The first-order chi connectivity index (χ1) is 11.2. The van der Waals surface area contributed by atoms with Crippen molar-refractivity contribution in [2.75, 3.05) is 44.6 Å². The largest absolute Gasteiger partial charge is 0.368 e. The van der Waals surface area contributed by atoms with Gasteiger partial charge in [-0.05, 0) is 24.3 Å². The maximum atomic E-state index is 9.39. The van der Waals surface area contributed by atoms with Crippen LogP contribution in [0.25, 0.3) is 10.9 Å². The number of nitriles is 1. The normalized spacial score (nSPS) is 26.2. The number of halogens is 1. The smallest absolute Gasteiger partial charge is 0.128 e. The average Bonchev–Trinajstić information content (AvgIpc) is 2.60. The minimum absolute atomic E-state index is 0.519. The molecule has 0 radical (unpaired) electrons. The molecule has 118 valence electrons. The maximum absolute atomic E-state index is 9.39. The molecule has 0 saturated carbocycles. The highest BCUT2D eigenvalue weighted by Crippen LogP contribution is 2.24. The zero-order valence-electron chi connectivity index (χ0n) is 12.8. The van der Waals surface area contributed by atoms with Crippen molar-refractivity contribution >= 4 is 28.3 Å². The van der Waals surface area contributed by atoms with Gasteiger partial charge in [0.2, 0.25) is 0 Å². The second-order valence-electron chi connectivity index (χ2n) is 6.20. The predicted octanol–water partition coefficient (Wildman–Crippen LogP) is 2.17. The second-order valence-corrected chi connectivity index (χ2v) is 6.64. The molecule has 3 saturated heterocycles. The van der Waals surface area contributed by atoms with E-state index in [4.69, 9.17) is 11.6 Å². The summed E-state index contributed by atoms with van der Waals surface area (Å²) in [5.41, 5.74) is 1.40. The van der Waals surface area contributed by atoms with E-state index in [0.717, 1.165) is 42.9 Å². The van der Waals surface area contributed by atoms with Crippen LogP contribution in [0.3, 0.4) is 0 Å². The lowest BCUT2D eigenvalue weighted by Crippen LogP contribution is -2.62. The molecule has 1 aromatic carbocycles. The second kappa shape index (κ2) is 5.97. The highest BCUT2D eigenvalue weighted by molar-refractivity contribution is 6.31. The molecule has 0 spiro atoms. The van der Waals surface area contributed by atoms with Gasteiger partial charge in [-0.2, -0.15) is 5.26 Å². The van der Waals surface area contributed by atoms with Gasteiger partial charge in [-0.3, -0.25) is 9.80 Å². The van der Waals surface area contributed by atoms with E-state index in [-0.39, 0.29) is 0 Å². The SMILES string of the molecule is N#Cc1cc(NCC2CN3CCN2CC3)nc2ccc(Cl)cc12. The van der Waals surface area contributed by atoms with Crippen LogP contribution < -0.4 is 5.32 Å². The van der Waals surface area contributed by atoms with Crippen molar-refractivity contribution in [2.24, 2.45) is 0 Å². The van der Waals surface area contributed by atoms with Gasteiger partial charge in [0.15, 0.2) is 0 Å². The Morgan fingerprint density at radius 3 is 2.78 bits per heavy atom. The van der Waals surface area contributed by atoms with Crippen molar-refractivity contribution in [3.63, 3.8) is 0 Å². The van der Waals surface area contributed by atoms with Crippen molar-refractivity contribution in [3.05, 3.63) is 34.9 Å². The van der Waals surface area contributed by atoms with Gasteiger partial charge in [0.25, 0.3) is 0 Å². The van der Waals surface area contributed by atoms with Crippen LogP contribution in [-0.4, -0.2) is 60.1 Å². The van der Waals surface area contributed by atoms with Crippen LogP contribution in [0.4, 0.5) is 5.82 Å². The molecular weight excluding hydrogens is 310 g/mol. The molecule has 1 unspecified atom stereocenters. The number of pyridine rings is 1. The maximum Gasteiger partial charge on any atom is 0.128 e. The number of nitrogens with one attached hydrogen (secondary N) is 1. The van der Waals surface area contributed by atoms with E-state index in [2.05, 4.69) is 26.2 Å². The Bertz CT molecular complexity index is 776. The molecule has 2 aromatic rings. The van der Waals surface area contributed by atoms with E-state index in [0.29, 0.717) is 16.6 Å². The number of piperazine rings is 3. The Balaban J connectivity index is 1.55. The van der Waals surface area contributed by atoms with Gasteiger partial charge in [0, 0.05) is 55.7 Å². The van der Waals surface area contributed by atoms with E-state index in [1.807, 2.05) is 12.1 Å². The van der Waals surface area contributed by atoms with Crippen LogP contribution in [0.5, 0.6) is 0 Å². The zero-order valence-corrected chi connectivity index (χ0v) is 13.6. The zero-order chi connectivity index (χ0) is 15.8. The van der Waals surface area contributed by atoms with Crippen LogP contribution in [0.15, 0.2) is 24.3 Å². The van der Waals surface area contributed by atoms with Crippen LogP contribution in [0.1, 0.15) is 5.56 Å². The minimum Gasteiger partial charge on any atom is -0.368 e. The summed E-state index contributed by atoms with van der Waals surface area (Å²) in [4.78, 5) is 9.68. The number of rotatable bonds is 3. The molecule has 4 heterocycles. The van der Waals surface area contributed by atoms with Crippen LogP contribution in [0, 0.1) is 11.3 Å². The molecular formula is C17H18ClN5. The molecule has 1 N–H and O–H groups in total. The number of benzene rings is 1. The van der Waals surface area contributed by atoms with Gasteiger partial charge in [0.1, 0.15) is 5.82 Å². The first kappa shape index (κ1) is 14.7. The van der Waals surface area contributed by atoms with E-state index < -0.39 is 0 Å². The molecule has 3 fully saturated rings. The molecule has 6 heteroatoms. The minimum atomic E-state index is 0.519. The van der Waals surface area contributed by atoms with Gasteiger partial charge in [-0.25, -0.2) is 4.98 Å². The summed E-state index contributed by atoms with van der Waals surface area (Å²) in [7, 11) is 0. The third kappa shape index (κ3) is 2.86. The van der Waals surface area contributed by atoms with Gasteiger partial charge in [-0.15, -0.1) is 0 Å². The Labute approximate surface area is 140 Å². The Kier molecular flexibility index (Phi) is 3.82. The molecule has 0 amide bonds. The van der Waals surface area contributed by atoms with E-state index in [1.54, 1.807) is 12.1 Å². The first-order valence-corrected chi connectivity index (χ1v) is 8.31. The number of hydrogen-bond acceptors (Lipinski definition) is 5. The Morgan fingerprint density at radius 2 is 2.09 bits per heavy atom. The molecule has 1 atom stereocenters. The topological polar surface area (TPSA) is 55.2 Å². The number of anilines is 1. The fraction of sp³-hybridized carbons (Fsp3) is 0.412. The summed E-state index contributed by atoms with van der Waals surface area (Å²) in [6, 6.07) is 10.0. The molecule has 1 aromatic heterocycles. The van der Waals surface area contributed by atoms with Crippen LogP contribution in [0.2, 0.25) is 5.02 Å². The average molecular weight is 328 g/mol. The fourth-order valence-corrected chi connectivity index (χ4v) is 3.69. The first-order valence-electron chi connectivity index (χ1n) is 7.93. The summed E-state index contributed by atoms with van der Waals surface area (Å²) in [6.07, 6.45) is 0. The van der Waals surface area contributed by atoms with Gasteiger partial charge in [-0.1, -0.05) is 11.6 Å². The van der Waals surface area contributed by atoms with Crippen LogP contribution >= 0.6 is 11.6 Å². The lowest BCUT2D eigenvalue weighted by molar-refractivity contribution is 0.0189. The van der Waals surface area contributed by atoms with Crippen molar-refractivity contribution in [1.82, 2.24) is 14.8 Å².